The van der Waals surface area contributed by atoms with Gasteiger partial charge in [0.15, 0.2) is 0 Å². The van der Waals surface area contributed by atoms with Gasteiger partial charge in [-0.05, 0) is 24.6 Å². The molecule has 2 aromatic carbocycles. The zero-order valence-corrected chi connectivity index (χ0v) is 15.0. The van der Waals surface area contributed by atoms with E-state index in [0.29, 0.717) is 23.7 Å². The predicted octanol–water partition coefficient (Wildman–Crippen LogP) is 3.15. The molecular formula is C20H21N3O3. The molecule has 0 aliphatic rings. The van der Waals surface area contributed by atoms with Crippen LogP contribution in [-0.4, -0.2) is 20.1 Å². The molecule has 0 saturated heterocycles. The van der Waals surface area contributed by atoms with Crippen molar-refractivity contribution in [3.8, 4) is 17.6 Å². The van der Waals surface area contributed by atoms with Gasteiger partial charge < -0.3 is 20.1 Å². The Morgan fingerprint density at radius 2 is 1.88 bits per heavy atom. The van der Waals surface area contributed by atoms with Crippen molar-refractivity contribution in [1.29, 1.82) is 5.26 Å². The number of rotatable bonds is 7. The van der Waals surface area contributed by atoms with Crippen LogP contribution in [0.1, 0.15) is 11.1 Å². The van der Waals surface area contributed by atoms with Crippen LogP contribution in [0.25, 0.3) is 0 Å². The molecule has 0 spiro atoms. The van der Waals surface area contributed by atoms with Crippen LogP contribution in [0, 0.1) is 18.3 Å². The number of methoxy groups -OCH3 is 2. The molecule has 0 fully saturated rings. The number of carbonyl (C=O) groups is 1. The Labute approximate surface area is 153 Å². The predicted molar refractivity (Wildman–Crippen MR) is 99.9 cm³/mol. The third-order valence-electron chi connectivity index (χ3n) is 3.69. The van der Waals surface area contributed by atoms with E-state index in [1.807, 2.05) is 37.3 Å². The Bertz CT molecular complexity index is 836. The van der Waals surface area contributed by atoms with Crippen LogP contribution in [0.3, 0.4) is 0 Å². The molecule has 0 radical (unpaired) electrons. The summed E-state index contributed by atoms with van der Waals surface area (Å²) in [6.45, 7) is 2.53. The first-order chi connectivity index (χ1) is 12.6. The number of hydrogen-bond acceptors (Lipinski definition) is 5. The average Bonchev–Trinajstić information content (AvgIpc) is 2.66. The van der Waals surface area contributed by atoms with Gasteiger partial charge in [0.1, 0.15) is 23.1 Å². The van der Waals surface area contributed by atoms with E-state index in [-0.39, 0.29) is 5.57 Å². The maximum Gasteiger partial charge on any atom is 0.267 e. The lowest BCUT2D eigenvalue weighted by Crippen LogP contribution is -2.17. The maximum atomic E-state index is 12.4. The third-order valence-corrected chi connectivity index (χ3v) is 3.69. The molecule has 0 aliphatic carbocycles. The minimum absolute atomic E-state index is 0.0398. The summed E-state index contributed by atoms with van der Waals surface area (Å²) in [6, 6.07) is 14.9. The van der Waals surface area contributed by atoms with Crippen molar-refractivity contribution >= 4 is 11.6 Å². The number of hydrogen-bond donors (Lipinski definition) is 2. The molecule has 0 unspecified atom stereocenters. The third kappa shape index (κ3) is 5.02. The van der Waals surface area contributed by atoms with Gasteiger partial charge >= 0.3 is 0 Å². The molecular weight excluding hydrogens is 330 g/mol. The molecule has 0 heterocycles. The summed E-state index contributed by atoms with van der Waals surface area (Å²) in [7, 11) is 3.03. The van der Waals surface area contributed by atoms with Crippen LogP contribution >= 0.6 is 0 Å². The molecule has 134 valence electrons. The van der Waals surface area contributed by atoms with Gasteiger partial charge in [-0.1, -0.05) is 29.8 Å². The highest BCUT2D eigenvalue weighted by atomic mass is 16.5. The molecule has 0 atom stereocenters. The van der Waals surface area contributed by atoms with Gasteiger partial charge in [0.2, 0.25) is 0 Å². The van der Waals surface area contributed by atoms with Crippen LogP contribution in [0.4, 0.5) is 5.69 Å². The number of nitrogens with zero attached hydrogens (tertiary/aromatic N) is 1. The van der Waals surface area contributed by atoms with Gasteiger partial charge in [0.25, 0.3) is 5.91 Å². The minimum atomic E-state index is -0.532. The Hall–Kier alpha value is -3.46. The van der Waals surface area contributed by atoms with Crippen molar-refractivity contribution in [2.75, 3.05) is 19.5 Å². The SMILES string of the molecule is COc1ccc(OC)c(NC(=O)/C(C#N)=C\NCc2ccc(C)cc2)c1. The fourth-order valence-electron chi connectivity index (χ4n) is 2.23. The monoisotopic (exact) mass is 351 g/mol. The van der Waals surface area contributed by atoms with Crippen LogP contribution in [-0.2, 0) is 11.3 Å². The van der Waals surface area contributed by atoms with Crippen molar-refractivity contribution in [1.82, 2.24) is 5.32 Å². The summed E-state index contributed by atoms with van der Waals surface area (Å²) in [5.41, 5.74) is 2.62. The number of nitriles is 1. The number of amides is 1. The number of nitrogens with one attached hydrogen (secondary N) is 2. The standard InChI is InChI=1S/C20H21N3O3/c1-14-4-6-15(7-5-14)12-22-13-16(11-21)20(24)23-18-10-17(25-2)8-9-19(18)26-3/h4-10,13,22H,12H2,1-3H3,(H,23,24)/b16-13-. The van der Waals surface area contributed by atoms with Gasteiger partial charge in [0.05, 0.1) is 19.9 Å². The van der Waals surface area contributed by atoms with Crippen molar-refractivity contribution in [2.45, 2.75) is 13.5 Å². The Kier molecular flexibility index (Phi) is 6.63. The largest absolute Gasteiger partial charge is 0.497 e. The fraction of sp³-hybridized carbons (Fsp3) is 0.200. The summed E-state index contributed by atoms with van der Waals surface area (Å²) in [4.78, 5) is 12.4. The number of ether oxygens (including phenoxy) is 2. The van der Waals surface area contributed by atoms with Crippen molar-refractivity contribution in [3.05, 3.63) is 65.4 Å². The Morgan fingerprint density at radius 3 is 2.50 bits per heavy atom. The molecule has 0 aliphatic heterocycles. The molecule has 2 rings (SSSR count). The summed E-state index contributed by atoms with van der Waals surface area (Å²) in [5, 5.41) is 14.9. The van der Waals surface area contributed by atoms with Gasteiger partial charge in [-0.25, -0.2) is 0 Å². The van der Waals surface area contributed by atoms with Crippen LogP contribution < -0.4 is 20.1 Å². The lowest BCUT2D eigenvalue weighted by Gasteiger charge is -2.11. The number of aryl methyl sites for hydroxylation is 1. The quantitative estimate of drug-likeness (QED) is 0.591. The molecule has 2 N–H and O–H groups in total. The first-order valence-corrected chi connectivity index (χ1v) is 8.00. The lowest BCUT2D eigenvalue weighted by atomic mass is 10.1. The van der Waals surface area contributed by atoms with E-state index < -0.39 is 5.91 Å². The summed E-state index contributed by atoms with van der Waals surface area (Å²) in [5.74, 6) is 0.514. The van der Waals surface area contributed by atoms with E-state index >= 15 is 0 Å². The zero-order valence-electron chi connectivity index (χ0n) is 15.0. The highest BCUT2D eigenvalue weighted by Crippen LogP contribution is 2.29. The highest BCUT2D eigenvalue weighted by molar-refractivity contribution is 6.07. The second-order valence-corrected chi connectivity index (χ2v) is 5.56. The van der Waals surface area contributed by atoms with Crippen LogP contribution in [0.5, 0.6) is 11.5 Å². The smallest absolute Gasteiger partial charge is 0.267 e. The highest BCUT2D eigenvalue weighted by Gasteiger charge is 2.13. The van der Waals surface area contributed by atoms with Crippen LogP contribution in [0.2, 0.25) is 0 Å². The number of benzene rings is 2. The van der Waals surface area contributed by atoms with Gasteiger partial charge in [0, 0.05) is 18.8 Å². The molecule has 1 amide bonds. The van der Waals surface area contributed by atoms with E-state index in [2.05, 4.69) is 10.6 Å². The summed E-state index contributed by atoms with van der Waals surface area (Å²) in [6.07, 6.45) is 1.40. The topological polar surface area (TPSA) is 83.4 Å². The molecule has 6 nitrogen and oxygen atoms in total. The average molecular weight is 351 g/mol. The van der Waals surface area contributed by atoms with Crippen molar-refractivity contribution < 1.29 is 14.3 Å². The maximum absolute atomic E-state index is 12.4. The van der Waals surface area contributed by atoms with Crippen molar-refractivity contribution in [3.63, 3.8) is 0 Å². The second kappa shape index (κ2) is 9.14. The Balaban J connectivity index is 2.06. The van der Waals surface area contributed by atoms with E-state index in [1.165, 1.54) is 26.0 Å². The molecule has 2 aromatic rings. The lowest BCUT2D eigenvalue weighted by molar-refractivity contribution is -0.112. The van der Waals surface area contributed by atoms with Crippen LogP contribution in [0.15, 0.2) is 54.2 Å². The minimum Gasteiger partial charge on any atom is -0.497 e. The molecule has 0 saturated carbocycles. The van der Waals surface area contributed by atoms with Gasteiger partial charge in [-0.3, -0.25) is 4.79 Å². The van der Waals surface area contributed by atoms with Gasteiger partial charge in [-0.15, -0.1) is 0 Å². The molecule has 26 heavy (non-hydrogen) atoms. The Morgan fingerprint density at radius 1 is 1.15 bits per heavy atom. The van der Waals surface area contributed by atoms with E-state index in [9.17, 15) is 10.1 Å². The second-order valence-electron chi connectivity index (χ2n) is 5.56. The fourth-order valence-corrected chi connectivity index (χ4v) is 2.23. The van der Waals surface area contributed by atoms with E-state index in [4.69, 9.17) is 9.47 Å². The van der Waals surface area contributed by atoms with E-state index in [1.54, 1.807) is 18.2 Å². The molecule has 6 heteroatoms. The first-order valence-electron chi connectivity index (χ1n) is 8.00. The number of anilines is 1. The summed E-state index contributed by atoms with van der Waals surface area (Å²) >= 11 is 0. The normalized spacial score (nSPS) is 10.6. The first kappa shape index (κ1) is 18.9. The molecule has 0 aromatic heterocycles. The number of carbonyl (C=O) groups excluding carboxylic acids is 1. The van der Waals surface area contributed by atoms with Gasteiger partial charge in [-0.2, -0.15) is 5.26 Å². The molecule has 0 bridgehead atoms. The zero-order chi connectivity index (χ0) is 18.9. The van der Waals surface area contributed by atoms with Crippen molar-refractivity contribution in [2.24, 2.45) is 0 Å². The summed E-state index contributed by atoms with van der Waals surface area (Å²) < 4.78 is 10.4. The van der Waals surface area contributed by atoms with E-state index in [0.717, 1.165) is 5.56 Å².